The quantitative estimate of drug-likeness (QED) is 0.313. The third-order valence-corrected chi connectivity index (χ3v) is 5.24. The third kappa shape index (κ3) is 4.08. The molecule has 9 heteroatoms. The van der Waals surface area contributed by atoms with Crippen LogP contribution in [0, 0.1) is 5.92 Å². The molecule has 4 N–H and O–H groups in total. The number of oxime groups is 1. The van der Waals surface area contributed by atoms with Crippen molar-refractivity contribution in [3.05, 3.63) is 27.7 Å². The van der Waals surface area contributed by atoms with E-state index in [2.05, 4.69) is 25.8 Å². The Bertz CT molecular complexity index is 619. The zero-order chi connectivity index (χ0) is 15.5. The van der Waals surface area contributed by atoms with Crippen LogP contribution in [0.4, 0.5) is 0 Å². The van der Waals surface area contributed by atoms with Gasteiger partial charge in [0.05, 0.1) is 16.0 Å². The molecule has 0 radical (unpaired) electrons. The van der Waals surface area contributed by atoms with Crippen LogP contribution in [-0.4, -0.2) is 25.5 Å². The Labute approximate surface area is 131 Å². The Morgan fingerprint density at radius 2 is 2.10 bits per heavy atom. The first-order valence-corrected chi connectivity index (χ1v) is 8.29. The second-order valence-electron chi connectivity index (χ2n) is 4.44. The van der Waals surface area contributed by atoms with Gasteiger partial charge in [0.25, 0.3) is 0 Å². The smallest absolute Gasteiger partial charge is 0.241 e. The van der Waals surface area contributed by atoms with Crippen LogP contribution in [0.5, 0.6) is 0 Å². The van der Waals surface area contributed by atoms with Crippen molar-refractivity contribution >= 4 is 43.4 Å². The minimum atomic E-state index is -3.81. The van der Waals surface area contributed by atoms with Gasteiger partial charge in [-0.05, 0) is 40.0 Å². The number of sulfonamides is 1. The molecule has 0 aliphatic carbocycles. The van der Waals surface area contributed by atoms with Gasteiger partial charge in [0.1, 0.15) is 0 Å². The summed E-state index contributed by atoms with van der Waals surface area (Å²) >= 11 is 8.99. The maximum atomic E-state index is 12.3. The lowest BCUT2D eigenvalue weighted by Gasteiger charge is -2.20. The molecule has 0 saturated heterocycles. The molecule has 0 aliphatic heterocycles. The van der Waals surface area contributed by atoms with E-state index in [-0.39, 0.29) is 16.6 Å². The molecule has 1 aromatic rings. The second-order valence-corrected chi connectivity index (χ2v) is 7.42. The zero-order valence-corrected chi connectivity index (χ0v) is 14.0. The Balaban J connectivity index is 3.13. The summed E-state index contributed by atoms with van der Waals surface area (Å²) in [5, 5.41) is 12.0. The highest BCUT2D eigenvalue weighted by molar-refractivity contribution is 9.10. The number of benzene rings is 1. The predicted octanol–water partition coefficient (Wildman–Crippen LogP) is 2.15. The van der Waals surface area contributed by atoms with Crippen LogP contribution in [0.2, 0.25) is 5.02 Å². The van der Waals surface area contributed by atoms with Crippen LogP contribution >= 0.6 is 27.5 Å². The second kappa shape index (κ2) is 6.75. The standard InChI is InChI=1S/C11H15BrClN3O3S/c1-6(2)10(11(14)15-17)16-20(18,19)7-3-4-9(13)8(12)5-7/h3-6,10,16-17H,1-2H3,(H2,14,15). The molecule has 1 aromatic carbocycles. The summed E-state index contributed by atoms with van der Waals surface area (Å²) < 4.78 is 27.4. The van der Waals surface area contributed by atoms with Crippen LogP contribution in [0.1, 0.15) is 13.8 Å². The number of nitrogens with two attached hydrogens (primary N) is 1. The lowest BCUT2D eigenvalue weighted by molar-refractivity contribution is 0.313. The molecule has 1 rings (SSSR count). The highest BCUT2D eigenvalue weighted by Crippen LogP contribution is 2.25. The summed E-state index contributed by atoms with van der Waals surface area (Å²) in [5.41, 5.74) is 5.50. The van der Waals surface area contributed by atoms with Crippen molar-refractivity contribution in [1.29, 1.82) is 0 Å². The number of hydrogen-bond acceptors (Lipinski definition) is 4. The number of rotatable bonds is 5. The average Bonchev–Trinajstić information content (AvgIpc) is 2.38. The minimum Gasteiger partial charge on any atom is -0.409 e. The van der Waals surface area contributed by atoms with Crippen LogP contribution in [0.25, 0.3) is 0 Å². The van der Waals surface area contributed by atoms with Gasteiger partial charge in [-0.3, -0.25) is 0 Å². The zero-order valence-electron chi connectivity index (χ0n) is 10.8. The maximum Gasteiger partial charge on any atom is 0.241 e. The molecule has 20 heavy (non-hydrogen) atoms. The molecular formula is C11H15BrClN3O3S. The lowest BCUT2D eigenvalue weighted by atomic mass is 10.1. The van der Waals surface area contributed by atoms with Crippen molar-refractivity contribution in [3.63, 3.8) is 0 Å². The summed E-state index contributed by atoms with van der Waals surface area (Å²) in [4.78, 5) is 0.0326. The lowest BCUT2D eigenvalue weighted by Crippen LogP contribution is -2.47. The average molecular weight is 385 g/mol. The highest BCUT2D eigenvalue weighted by atomic mass is 79.9. The Kier molecular flexibility index (Phi) is 5.81. The number of nitrogens with one attached hydrogen (secondary N) is 1. The number of hydrogen-bond donors (Lipinski definition) is 3. The van der Waals surface area contributed by atoms with E-state index in [0.717, 1.165) is 0 Å². The Hall–Kier alpha value is -0.830. The number of amidine groups is 1. The summed E-state index contributed by atoms with van der Waals surface area (Å²) in [5.74, 6) is -0.381. The van der Waals surface area contributed by atoms with Gasteiger partial charge in [-0.15, -0.1) is 0 Å². The summed E-state index contributed by atoms with van der Waals surface area (Å²) in [7, 11) is -3.81. The molecule has 1 atom stereocenters. The normalized spacial score (nSPS) is 14.6. The van der Waals surface area contributed by atoms with Gasteiger partial charge in [-0.1, -0.05) is 30.6 Å². The van der Waals surface area contributed by atoms with E-state index in [4.69, 9.17) is 22.5 Å². The summed E-state index contributed by atoms with van der Waals surface area (Å²) in [6, 6.07) is 3.42. The van der Waals surface area contributed by atoms with E-state index in [1.807, 2.05) is 0 Å². The maximum absolute atomic E-state index is 12.3. The fourth-order valence-corrected chi connectivity index (χ4v) is 3.51. The molecule has 0 amide bonds. The molecule has 6 nitrogen and oxygen atoms in total. The SMILES string of the molecule is CC(C)C(NS(=O)(=O)c1ccc(Cl)c(Br)c1)/C(N)=N/O. The van der Waals surface area contributed by atoms with Gasteiger partial charge in [0, 0.05) is 4.47 Å². The topological polar surface area (TPSA) is 105 Å². The largest absolute Gasteiger partial charge is 0.409 e. The van der Waals surface area contributed by atoms with E-state index in [1.165, 1.54) is 18.2 Å². The van der Waals surface area contributed by atoms with E-state index in [0.29, 0.717) is 9.50 Å². The molecule has 0 fully saturated rings. The molecule has 0 aromatic heterocycles. The molecule has 1 unspecified atom stereocenters. The first kappa shape index (κ1) is 17.2. The van der Waals surface area contributed by atoms with Gasteiger partial charge in [0.15, 0.2) is 5.84 Å². The molecule has 0 aliphatic rings. The number of nitrogens with zero attached hydrogens (tertiary/aromatic N) is 1. The van der Waals surface area contributed by atoms with Gasteiger partial charge >= 0.3 is 0 Å². The van der Waals surface area contributed by atoms with Gasteiger partial charge in [-0.2, -0.15) is 0 Å². The fourth-order valence-electron chi connectivity index (χ4n) is 1.48. The summed E-state index contributed by atoms with van der Waals surface area (Å²) in [6.07, 6.45) is 0. The third-order valence-electron chi connectivity index (χ3n) is 2.58. The van der Waals surface area contributed by atoms with Crippen molar-refractivity contribution in [3.8, 4) is 0 Å². The molecule has 0 saturated carbocycles. The first-order valence-electron chi connectivity index (χ1n) is 5.64. The highest BCUT2D eigenvalue weighted by Gasteiger charge is 2.26. The molecule has 0 spiro atoms. The molecule has 0 heterocycles. The van der Waals surface area contributed by atoms with Crippen LogP contribution in [-0.2, 0) is 10.0 Å². The van der Waals surface area contributed by atoms with E-state index < -0.39 is 16.1 Å². The van der Waals surface area contributed by atoms with Crippen LogP contribution < -0.4 is 10.5 Å². The fraction of sp³-hybridized carbons (Fsp3) is 0.364. The molecular weight excluding hydrogens is 370 g/mol. The van der Waals surface area contributed by atoms with Crippen LogP contribution in [0.3, 0.4) is 0 Å². The Morgan fingerprint density at radius 3 is 2.55 bits per heavy atom. The minimum absolute atomic E-state index is 0.0326. The molecule has 0 bridgehead atoms. The first-order chi connectivity index (χ1) is 9.19. The van der Waals surface area contributed by atoms with Crippen molar-refractivity contribution in [1.82, 2.24) is 4.72 Å². The van der Waals surface area contributed by atoms with Crippen molar-refractivity contribution < 1.29 is 13.6 Å². The van der Waals surface area contributed by atoms with Gasteiger partial charge in [0.2, 0.25) is 10.0 Å². The van der Waals surface area contributed by atoms with Crippen molar-refractivity contribution in [2.45, 2.75) is 24.8 Å². The predicted molar refractivity (Wildman–Crippen MR) is 81.5 cm³/mol. The monoisotopic (exact) mass is 383 g/mol. The van der Waals surface area contributed by atoms with Crippen molar-refractivity contribution in [2.75, 3.05) is 0 Å². The number of halogens is 2. The Morgan fingerprint density at radius 1 is 1.50 bits per heavy atom. The van der Waals surface area contributed by atoms with E-state index in [9.17, 15) is 8.42 Å². The van der Waals surface area contributed by atoms with Gasteiger partial charge < -0.3 is 10.9 Å². The van der Waals surface area contributed by atoms with E-state index in [1.54, 1.807) is 13.8 Å². The summed E-state index contributed by atoms with van der Waals surface area (Å²) in [6.45, 7) is 3.51. The van der Waals surface area contributed by atoms with Crippen molar-refractivity contribution in [2.24, 2.45) is 16.8 Å². The van der Waals surface area contributed by atoms with E-state index >= 15 is 0 Å². The molecule has 112 valence electrons. The van der Waals surface area contributed by atoms with Crippen LogP contribution in [0.15, 0.2) is 32.7 Å². The van der Waals surface area contributed by atoms with Gasteiger partial charge in [-0.25, -0.2) is 13.1 Å².